The highest BCUT2D eigenvalue weighted by Gasteiger charge is 2.30. The Kier molecular flexibility index (Phi) is 2.78. The first kappa shape index (κ1) is 11.2. The predicted octanol–water partition coefficient (Wildman–Crippen LogP) is 1.33. The highest BCUT2D eigenvalue weighted by atomic mass is 35.5. The predicted molar refractivity (Wildman–Crippen MR) is 63.6 cm³/mol. The summed E-state index contributed by atoms with van der Waals surface area (Å²) < 4.78 is 0. The quantitative estimate of drug-likeness (QED) is 0.728. The van der Waals surface area contributed by atoms with Gasteiger partial charge in [0.15, 0.2) is 0 Å². The van der Waals surface area contributed by atoms with Crippen LogP contribution in [0.3, 0.4) is 0 Å². The van der Waals surface area contributed by atoms with Gasteiger partial charge >= 0.3 is 0 Å². The Morgan fingerprint density at radius 1 is 1.56 bits per heavy atom. The number of aliphatic hydroxyl groups is 1. The molecule has 1 saturated heterocycles. The van der Waals surface area contributed by atoms with E-state index < -0.39 is 6.10 Å². The molecule has 1 aliphatic rings. The minimum Gasteiger partial charge on any atom is -0.397 e. The van der Waals surface area contributed by atoms with Gasteiger partial charge in [-0.25, -0.2) is 0 Å². The Morgan fingerprint density at radius 3 is 2.81 bits per heavy atom. The van der Waals surface area contributed by atoms with Crippen molar-refractivity contribution in [3.8, 4) is 0 Å². The van der Waals surface area contributed by atoms with Crippen molar-refractivity contribution in [3.63, 3.8) is 0 Å². The zero-order chi connectivity index (χ0) is 11.9. The van der Waals surface area contributed by atoms with E-state index in [4.69, 9.17) is 17.3 Å². The van der Waals surface area contributed by atoms with Crippen LogP contribution in [0.2, 0.25) is 5.02 Å². The third-order valence-corrected chi connectivity index (χ3v) is 3.11. The lowest BCUT2D eigenvalue weighted by Gasteiger charge is -2.19. The van der Waals surface area contributed by atoms with Crippen molar-refractivity contribution in [3.05, 3.63) is 22.7 Å². The summed E-state index contributed by atoms with van der Waals surface area (Å²) >= 11 is 5.99. The molecule has 1 aliphatic heterocycles. The maximum absolute atomic E-state index is 11.6. The lowest BCUT2D eigenvalue weighted by Crippen LogP contribution is -2.26. The summed E-state index contributed by atoms with van der Waals surface area (Å²) in [5.41, 5.74) is 7.80. The van der Waals surface area contributed by atoms with E-state index in [1.165, 1.54) is 4.90 Å². The lowest BCUT2D eigenvalue weighted by atomic mass is 10.2. The average molecular weight is 241 g/mol. The van der Waals surface area contributed by atoms with Crippen molar-refractivity contribution < 1.29 is 9.90 Å². The van der Waals surface area contributed by atoms with Gasteiger partial charge in [0.1, 0.15) is 0 Å². The van der Waals surface area contributed by atoms with E-state index in [1.54, 1.807) is 12.1 Å². The third kappa shape index (κ3) is 1.86. The molecule has 86 valence electrons. The van der Waals surface area contributed by atoms with Crippen molar-refractivity contribution in [1.29, 1.82) is 0 Å². The Labute approximate surface area is 98.6 Å². The van der Waals surface area contributed by atoms with Gasteiger partial charge in [0.05, 0.1) is 30.4 Å². The molecule has 1 heterocycles. The number of nitrogen functional groups attached to an aromatic ring is 1. The number of carbonyl (C=O) groups is 1. The number of rotatable bonds is 1. The van der Waals surface area contributed by atoms with E-state index >= 15 is 0 Å². The zero-order valence-electron chi connectivity index (χ0n) is 8.90. The van der Waals surface area contributed by atoms with Gasteiger partial charge in [0, 0.05) is 5.02 Å². The molecule has 0 spiro atoms. The second-order valence-electron chi connectivity index (χ2n) is 4.02. The molecule has 0 aliphatic carbocycles. The first-order valence-electron chi connectivity index (χ1n) is 5.03. The number of amides is 1. The molecule has 1 atom stereocenters. The summed E-state index contributed by atoms with van der Waals surface area (Å²) in [6, 6.07) is 3.40. The fourth-order valence-corrected chi connectivity index (χ4v) is 2.01. The van der Waals surface area contributed by atoms with Crippen LogP contribution in [0.1, 0.15) is 12.0 Å². The number of aryl methyl sites for hydroxylation is 1. The van der Waals surface area contributed by atoms with Gasteiger partial charge in [-0.3, -0.25) is 4.79 Å². The standard InChI is InChI=1S/C11H13ClN2O2/c1-6-2-9(13)10(4-8(6)12)14-5-7(15)3-11(14)16/h2,4,7,15H,3,5,13H2,1H3. The fourth-order valence-electron chi connectivity index (χ4n) is 1.85. The van der Waals surface area contributed by atoms with Crippen LogP contribution in [0.25, 0.3) is 0 Å². The highest BCUT2D eigenvalue weighted by molar-refractivity contribution is 6.32. The molecule has 1 unspecified atom stereocenters. The molecule has 0 bridgehead atoms. The Morgan fingerprint density at radius 2 is 2.25 bits per heavy atom. The monoisotopic (exact) mass is 240 g/mol. The fraction of sp³-hybridized carbons (Fsp3) is 0.364. The molecule has 1 amide bonds. The van der Waals surface area contributed by atoms with E-state index in [0.717, 1.165) is 5.56 Å². The number of β-amino-alcohol motifs (C(OH)–C–C–N with tert-alkyl or cyclic N) is 1. The molecule has 3 N–H and O–H groups in total. The number of aliphatic hydroxyl groups excluding tert-OH is 1. The SMILES string of the molecule is Cc1cc(N)c(N2CC(O)CC2=O)cc1Cl. The number of nitrogens with zero attached hydrogens (tertiary/aromatic N) is 1. The van der Waals surface area contributed by atoms with Gasteiger partial charge in [-0.2, -0.15) is 0 Å². The van der Waals surface area contributed by atoms with Crippen LogP contribution in [-0.4, -0.2) is 23.7 Å². The van der Waals surface area contributed by atoms with Crippen LogP contribution in [-0.2, 0) is 4.79 Å². The summed E-state index contributed by atoms with van der Waals surface area (Å²) in [5.74, 6) is -0.126. The lowest BCUT2D eigenvalue weighted by molar-refractivity contribution is -0.117. The van der Waals surface area contributed by atoms with Crippen LogP contribution in [0, 0.1) is 6.92 Å². The molecule has 1 aromatic rings. The number of anilines is 2. The molecular weight excluding hydrogens is 228 g/mol. The smallest absolute Gasteiger partial charge is 0.229 e. The van der Waals surface area contributed by atoms with Gasteiger partial charge in [-0.15, -0.1) is 0 Å². The molecule has 0 radical (unpaired) electrons. The Hall–Kier alpha value is -1.26. The number of benzene rings is 1. The number of hydrogen-bond donors (Lipinski definition) is 2. The van der Waals surface area contributed by atoms with Crippen LogP contribution >= 0.6 is 11.6 Å². The van der Waals surface area contributed by atoms with Crippen LogP contribution < -0.4 is 10.6 Å². The van der Waals surface area contributed by atoms with Gasteiger partial charge < -0.3 is 15.7 Å². The first-order chi connectivity index (χ1) is 7.49. The van der Waals surface area contributed by atoms with E-state index in [1.807, 2.05) is 6.92 Å². The number of carbonyl (C=O) groups excluding carboxylic acids is 1. The van der Waals surface area contributed by atoms with Crippen molar-refractivity contribution in [2.24, 2.45) is 0 Å². The summed E-state index contributed by atoms with van der Waals surface area (Å²) in [7, 11) is 0. The molecule has 4 nitrogen and oxygen atoms in total. The second-order valence-corrected chi connectivity index (χ2v) is 4.43. The third-order valence-electron chi connectivity index (χ3n) is 2.70. The van der Waals surface area contributed by atoms with Gasteiger partial charge in [0.25, 0.3) is 0 Å². The zero-order valence-corrected chi connectivity index (χ0v) is 9.66. The summed E-state index contributed by atoms with van der Waals surface area (Å²) in [5, 5.41) is 9.98. The first-order valence-corrected chi connectivity index (χ1v) is 5.41. The maximum atomic E-state index is 11.6. The van der Waals surface area contributed by atoms with Crippen LogP contribution in [0.5, 0.6) is 0 Å². The summed E-state index contributed by atoms with van der Waals surface area (Å²) in [4.78, 5) is 13.1. The average Bonchev–Trinajstić information content (AvgIpc) is 2.51. The topological polar surface area (TPSA) is 66.6 Å². The van der Waals surface area contributed by atoms with Gasteiger partial charge in [-0.1, -0.05) is 11.6 Å². The molecule has 5 heteroatoms. The van der Waals surface area contributed by atoms with Crippen molar-refractivity contribution in [1.82, 2.24) is 0 Å². The Bertz CT molecular complexity index is 448. The number of halogens is 1. The molecule has 0 saturated carbocycles. The largest absolute Gasteiger partial charge is 0.397 e. The summed E-state index contributed by atoms with van der Waals surface area (Å²) in [6.07, 6.45) is -0.475. The summed E-state index contributed by atoms with van der Waals surface area (Å²) in [6.45, 7) is 2.13. The molecule has 0 aromatic heterocycles. The van der Waals surface area contributed by atoms with E-state index in [2.05, 4.69) is 0 Å². The molecule has 2 rings (SSSR count). The Balaban J connectivity index is 2.41. The number of nitrogens with two attached hydrogens (primary N) is 1. The second kappa shape index (κ2) is 3.96. The van der Waals surface area contributed by atoms with E-state index in [9.17, 15) is 9.90 Å². The molecule has 1 fully saturated rings. The molecular formula is C11H13ClN2O2. The maximum Gasteiger partial charge on any atom is 0.229 e. The van der Waals surface area contributed by atoms with Gasteiger partial charge in [-0.05, 0) is 24.6 Å². The molecule has 16 heavy (non-hydrogen) atoms. The van der Waals surface area contributed by atoms with Crippen molar-refractivity contribution in [2.75, 3.05) is 17.2 Å². The minimum absolute atomic E-state index is 0.126. The number of hydrogen-bond acceptors (Lipinski definition) is 3. The van der Waals surface area contributed by atoms with Crippen LogP contribution in [0.4, 0.5) is 11.4 Å². The van der Waals surface area contributed by atoms with Crippen molar-refractivity contribution >= 4 is 28.9 Å². The van der Waals surface area contributed by atoms with E-state index in [0.29, 0.717) is 16.4 Å². The van der Waals surface area contributed by atoms with Crippen LogP contribution in [0.15, 0.2) is 12.1 Å². The highest BCUT2D eigenvalue weighted by Crippen LogP contribution is 2.32. The minimum atomic E-state index is -0.619. The van der Waals surface area contributed by atoms with E-state index in [-0.39, 0.29) is 18.9 Å². The molecule has 1 aromatic carbocycles. The van der Waals surface area contributed by atoms with Gasteiger partial charge in [0.2, 0.25) is 5.91 Å². The normalized spacial score (nSPS) is 20.6. The van der Waals surface area contributed by atoms with Crippen molar-refractivity contribution in [2.45, 2.75) is 19.4 Å².